The molecule has 1 N–H and O–H groups in total. The van der Waals surface area contributed by atoms with Crippen molar-refractivity contribution in [2.75, 3.05) is 30.4 Å². The van der Waals surface area contributed by atoms with Gasteiger partial charge >= 0.3 is 0 Å². The number of nitrogens with one attached hydrogen (secondary N) is 1. The summed E-state index contributed by atoms with van der Waals surface area (Å²) in [6.45, 7) is 2.89. The van der Waals surface area contributed by atoms with E-state index in [1.165, 1.54) is 4.90 Å². The van der Waals surface area contributed by atoms with Crippen molar-refractivity contribution in [3.8, 4) is 0 Å². The quantitative estimate of drug-likeness (QED) is 0.883. The highest BCUT2D eigenvalue weighted by Gasteiger charge is 2.33. The molecule has 1 aliphatic rings. The summed E-state index contributed by atoms with van der Waals surface area (Å²) in [7, 11) is -1.36. The molecule has 1 atom stereocenters. The van der Waals surface area contributed by atoms with E-state index in [1.807, 2.05) is 6.07 Å². The van der Waals surface area contributed by atoms with E-state index < -0.39 is 9.84 Å². The zero-order chi connectivity index (χ0) is 15.5. The fraction of sp³-hybridized carbons (Fsp3) is 0.571. The van der Waals surface area contributed by atoms with Gasteiger partial charge in [-0.2, -0.15) is 0 Å². The molecule has 1 aliphatic heterocycles. The second-order valence-corrected chi connectivity index (χ2v) is 7.56. The van der Waals surface area contributed by atoms with Crippen LogP contribution in [0.1, 0.15) is 30.3 Å². The topological polar surface area (TPSA) is 79.4 Å². The van der Waals surface area contributed by atoms with E-state index >= 15 is 0 Å². The van der Waals surface area contributed by atoms with Crippen LogP contribution < -0.4 is 5.32 Å². The van der Waals surface area contributed by atoms with E-state index in [1.54, 1.807) is 19.3 Å². The lowest BCUT2D eigenvalue weighted by molar-refractivity contribution is 0.0742. The van der Waals surface area contributed by atoms with Crippen LogP contribution in [0, 0.1) is 0 Å². The summed E-state index contributed by atoms with van der Waals surface area (Å²) in [5.74, 6) is -0.0404. The Bertz CT molecular complexity index is 616. The number of nitrogens with zero attached hydrogens (tertiary/aromatic N) is 2. The van der Waals surface area contributed by atoms with Gasteiger partial charge in [0.1, 0.15) is 5.69 Å². The molecule has 1 amide bonds. The average Bonchev–Trinajstić information content (AvgIpc) is 2.84. The van der Waals surface area contributed by atoms with Crippen LogP contribution in [-0.2, 0) is 9.84 Å². The molecule has 116 valence electrons. The van der Waals surface area contributed by atoms with Gasteiger partial charge in [0.15, 0.2) is 9.84 Å². The van der Waals surface area contributed by atoms with Crippen LogP contribution in [0.25, 0.3) is 0 Å². The minimum absolute atomic E-state index is 0.0447. The van der Waals surface area contributed by atoms with E-state index in [0.717, 1.165) is 18.7 Å². The molecule has 0 spiro atoms. The van der Waals surface area contributed by atoms with Gasteiger partial charge in [0, 0.05) is 31.5 Å². The zero-order valence-corrected chi connectivity index (χ0v) is 13.2. The summed E-state index contributed by atoms with van der Waals surface area (Å²) in [4.78, 5) is 18.0. The Hall–Kier alpha value is -1.63. The molecule has 1 saturated heterocycles. The van der Waals surface area contributed by atoms with Crippen LogP contribution in [0.15, 0.2) is 18.3 Å². The first kappa shape index (κ1) is 15.8. The minimum atomic E-state index is -3.00. The minimum Gasteiger partial charge on any atom is -0.385 e. The number of hydrogen-bond acceptors (Lipinski definition) is 5. The third-order valence-electron chi connectivity index (χ3n) is 3.63. The SMILES string of the molecule is CCCNc1ccnc(C(=O)N(C)C2CCS(=O)(=O)C2)c1. The van der Waals surface area contributed by atoms with E-state index in [4.69, 9.17) is 0 Å². The summed E-state index contributed by atoms with van der Waals surface area (Å²) in [5, 5.41) is 3.20. The molecule has 1 fully saturated rings. The molecule has 0 aliphatic carbocycles. The highest BCUT2D eigenvalue weighted by atomic mass is 32.2. The predicted molar refractivity (Wildman–Crippen MR) is 82.2 cm³/mol. The van der Waals surface area contributed by atoms with Crippen molar-refractivity contribution in [3.05, 3.63) is 24.0 Å². The summed E-state index contributed by atoms with van der Waals surface area (Å²) in [6, 6.07) is 3.27. The number of pyridine rings is 1. The molecule has 1 aromatic heterocycles. The second-order valence-electron chi connectivity index (χ2n) is 5.33. The maximum Gasteiger partial charge on any atom is 0.272 e. The molecular formula is C14H21N3O3S. The van der Waals surface area contributed by atoms with Crippen LogP contribution in [0.3, 0.4) is 0 Å². The third-order valence-corrected chi connectivity index (χ3v) is 5.38. The molecule has 2 rings (SSSR count). The van der Waals surface area contributed by atoms with Crippen molar-refractivity contribution in [1.29, 1.82) is 0 Å². The summed E-state index contributed by atoms with van der Waals surface area (Å²) in [6.07, 6.45) is 3.08. The number of amides is 1. The van der Waals surface area contributed by atoms with Gasteiger partial charge in [-0.25, -0.2) is 8.42 Å². The number of anilines is 1. The number of aromatic nitrogens is 1. The average molecular weight is 311 g/mol. The molecule has 0 aromatic carbocycles. The monoisotopic (exact) mass is 311 g/mol. The number of sulfone groups is 1. The second kappa shape index (κ2) is 6.43. The van der Waals surface area contributed by atoms with Gasteiger partial charge in [0.2, 0.25) is 0 Å². The lowest BCUT2D eigenvalue weighted by Crippen LogP contribution is -2.38. The van der Waals surface area contributed by atoms with E-state index in [-0.39, 0.29) is 23.5 Å². The lowest BCUT2D eigenvalue weighted by Gasteiger charge is -2.23. The summed E-state index contributed by atoms with van der Waals surface area (Å²) >= 11 is 0. The Morgan fingerprint density at radius 3 is 2.90 bits per heavy atom. The molecule has 7 heteroatoms. The van der Waals surface area contributed by atoms with Gasteiger partial charge in [0.25, 0.3) is 5.91 Å². The first-order chi connectivity index (χ1) is 9.93. The molecule has 2 heterocycles. The lowest BCUT2D eigenvalue weighted by atomic mass is 10.2. The van der Waals surface area contributed by atoms with Crippen LogP contribution in [-0.4, -0.2) is 55.3 Å². The van der Waals surface area contributed by atoms with Crippen molar-refractivity contribution in [2.24, 2.45) is 0 Å². The van der Waals surface area contributed by atoms with Crippen LogP contribution in [0.4, 0.5) is 5.69 Å². The summed E-state index contributed by atoms with van der Waals surface area (Å²) in [5.41, 5.74) is 1.19. The maximum atomic E-state index is 12.4. The van der Waals surface area contributed by atoms with Gasteiger partial charge < -0.3 is 10.2 Å². The van der Waals surface area contributed by atoms with E-state index in [0.29, 0.717) is 12.1 Å². The fourth-order valence-electron chi connectivity index (χ4n) is 2.35. The molecule has 6 nitrogen and oxygen atoms in total. The molecule has 0 saturated carbocycles. The number of rotatable bonds is 5. The van der Waals surface area contributed by atoms with Crippen LogP contribution >= 0.6 is 0 Å². The Kier molecular flexibility index (Phi) is 4.82. The van der Waals surface area contributed by atoms with Gasteiger partial charge in [0.05, 0.1) is 11.5 Å². The molecule has 0 bridgehead atoms. The van der Waals surface area contributed by atoms with Gasteiger partial charge in [-0.15, -0.1) is 0 Å². The standard InChI is InChI=1S/C14H21N3O3S/c1-3-6-15-11-4-7-16-13(9-11)14(18)17(2)12-5-8-21(19,20)10-12/h4,7,9,12H,3,5-6,8,10H2,1-2H3,(H,15,16). The Balaban J connectivity index is 2.09. The van der Waals surface area contributed by atoms with Gasteiger partial charge in [-0.3, -0.25) is 9.78 Å². The smallest absolute Gasteiger partial charge is 0.272 e. The Labute approximate surface area is 125 Å². The third kappa shape index (κ3) is 3.93. The molecular weight excluding hydrogens is 290 g/mol. The molecule has 0 radical (unpaired) electrons. The van der Waals surface area contributed by atoms with Crippen molar-refractivity contribution < 1.29 is 13.2 Å². The fourth-order valence-corrected chi connectivity index (χ4v) is 4.13. The van der Waals surface area contributed by atoms with Crippen LogP contribution in [0.2, 0.25) is 0 Å². The van der Waals surface area contributed by atoms with E-state index in [9.17, 15) is 13.2 Å². The number of carbonyl (C=O) groups excluding carboxylic acids is 1. The van der Waals surface area contributed by atoms with E-state index in [2.05, 4.69) is 17.2 Å². The first-order valence-corrected chi connectivity index (χ1v) is 8.92. The molecule has 21 heavy (non-hydrogen) atoms. The Morgan fingerprint density at radius 2 is 2.29 bits per heavy atom. The number of hydrogen-bond donors (Lipinski definition) is 1. The maximum absolute atomic E-state index is 12.4. The number of carbonyl (C=O) groups is 1. The highest BCUT2D eigenvalue weighted by Crippen LogP contribution is 2.19. The molecule has 1 aromatic rings. The Morgan fingerprint density at radius 1 is 1.52 bits per heavy atom. The predicted octanol–water partition coefficient (Wildman–Crippen LogP) is 1.16. The highest BCUT2D eigenvalue weighted by molar-refractivity contribution is 7.91. The zero-order valence-electron chi connectivity index (χ0n) is 12.4. The summed E-state index contributed by atoms with van der Waals surface area (Å²) < 4.78 is 23.0. The molecule has 1 unspecified atom stereocenters. The normalized spacial score (nSPS) is 20.2. The van der Waals surface area contributed by atoms with Gasteiger partial charge in [-0.1, -0.05) is 6.92 Å². The first-order valence-electron chi connectivity index (χ1n) is 7.10. The van der Waals surface area contributed by atoms with Crippen molar-refractivity contribution >= 4 is 21.4 Å². The van der Waals surface area contributed by atoms with Crippen molar-refractivity contribution in [1.82, 2.24) is 9.88 Å². The van der Waals surface area contributed by atoms with Crippen molar-refractivity contribution in [3.63, 3.8) is 0 Å². The van der Waals surface area contributed by atoms with Crippen molar-refractivity contribution in [2.45, 2.75) is 25.8 Å². The van der Waals surface area contributed by atoms with Gasteiger partial charge in [-0.05, 0) is 25.0 Å². The van der Waals surface area contributed by atoms with Crippen LogP contribution in [0.5, 0.6) is 0 Å². The largest absolute Gasteiger partial charge is 0.385 e.